The molecule has 0 amide bonds. The number of methoxy groups -OCH3 is 3. The van der Waals surface area contributed by atoms with Crippen LogP contribution in [0.5, 0.6) is 0 Å². The minimum Gasteiger partial charge on any atom is -0.468 e. The van der Waals surface area contributed by atoms with E-state index in [1.165, 1.54) is 28.3 Å². The Morgan fingerprint density at radius 2 is 1.65 bits per heavy atom. The molecular weight excluding hydrogens is 788 g/mol. The molecule has 0 unspecified atom stereocenters. The molecule has 326 valence electrons. The second-order valence-electron chi connectivity index (χ2n) is 18.0. The van der Waals surface area contributed by atoms with Gasteiger partial charge in [-0.05, 0) is 39.7 Å². The number of benzene rings is 1. The third kappa shape index (κ3) is 4.83. The molecular formula is C43H52O17. The molecule has 8 fully saturated rings. The molecule has 0 radical (unpaired) electrons. The standard InChI is InChI=1S/C43H52O17/c1-9-21(2)32(46)57-25-16-26(56-22(3)44)40(34(47)51-7)19-53-29-30(40)39(25)20-55-42(35(48)52-8,54-18-23-13-11-10-12-14-23)33(39)37(4,31(29)45)43-27-15-24(38(43,5)60-43)41(49)17-28(50-6)59-36(41)58-27/h9-14,24-30,33,36,49H,15-20H2,1-8H3/b21-9+/t24-,25+,26-,27+,28+,29-,30-,33+,36-,37-,38+,39+,40+,41+,42+,43+/m1/s1. The Hall–Kier alpha value is -3.81. The summed E-state index contributed by atoms with van der Waals surface area (Å²) in [4.78, 5) is 72.5. The van der Waals surface area contributed by atoms with E-state index in [0.29, 0.717) is 5.56 Å². The summed E-state index contributed by atoms with van der Waals surface area (Å²) in [5.74, 6) is -9.79. The highest BCUT2D eigenvalue weighted by Gasteiger charge is 2.98. The van der Waals surface area contributed by atoms with Crippen LogP contribution in [0, 0.1) is 34.0 Å². The van der Waals surface area contributed by atoms with Gasteiger partial charge < -0.3 is 57.2 Å². The second-order valence-corrected chi connectivity index (χ2v) is 18.0. The number of ketones is 1. The van der Waals surface area contributed by atoms with Gasteiger partial charge in [0.2, 0.25) is 0 Å². The van der Waals surface area contributed by atoms with Gasteiger partial charge in [0.05, 0.1) is 51.5 Å². The van der Waals surface area contributed by atoms with Gasteiger partial charge in [0, 0.05) is 49.7 Å². The lowest BCUT2D eigenvalue weighted by Gasteiger charge is -2.63. The summed E-state index contributed by atoms with van der Waals surface area (Å²) in [7, 11) is 3.81. The summed E-state index contributed by atoms with van der Waals surface area (Å²) in [6.45, 7) is 6.81. The number of aliphatic hydroxyl groups is 1. The maximum Gasteiger partial charge on any atom is 0.366 e. The van der Waals surface area contributed by atoms with Crippen LogP contribution in [-0.4, -0.2) is 129 Å². The summed E-state index contributed by atoms with van der Waals surface area (Å²) < 4.78 is 68.7. The monoisotopic (exact) mass is 840 g/mol. The molecule has 1 spiro atoms. The Bertz CT molecular complexity index is 2040. The smallest absolute Gasteiger partial charge is 0.366 e. The first-order valence-electron chi connectivity index (χ1n) is 20.4. The first-order chi connectivity index (χ1) is 28.5. The highest BCUT2D eigenvalue weighted by Crippen LogP contribution is 2.82. The van der Waals surface area contributed by atoms with E-state index >= 15 is 4.79 Å². The van der Waals surface area contributed by atoms with Gasteiger partial charge in [-0.1, -0.05) is 36.4 Å². The van der Waals surface area contributed by atoms with Crippen LogP contribution in [0.15, 0.2) is 42.0 Å². The summed E-state index contributed by atoms with van der Waals surface area (Å²) in [5.41, 5.74) is -9.15. The van der Waals surface area contributed by atoms with Crippen molar-refractivity contribution in [3.63, 3.8) is 0 Å². The average molecular weight is 841 g/mol. The highest BCUT2D eigenvalue weighted by atomic mass is 16.8. The SMILES string of the molecule is C/C=C(\C)C(=O)O[C@H]1C[C@@H](OC(C)=O)[C@@]2(C(=O)OC)CO[C@H]3C(=O)[C@@](C)([C@]45O[C@@]4(C)[C@H]4C[C@@H]5O[C@@H]5O[C@H](OC)C[C@@]54O)[C@@H]4[C@@](OCc5ccccc5)(C(=O)OC)OC[C@@]14[C@@H]32. The zero-order chi connectivity index (χ0) is 43.0. The number of hydrogen-bond acceptors (Lipinski definition) is 17. The summed E-state index contributed by atoms with van der Waals surface area (Å²) in [5, 5.41) is 12.4. The fraction of sp³-hybridized carbons (Fsp3) is 0.698. The zero-order valence-corrected chi connectivity index (χ0v) is 34.9. The Kier molecular flexibility index (Phi) is 9.41. The predicted molar refractivity (Wildman–Crippen MR) is 199 cm³/mol. The molecule has 1 aromatic carbocycles. The van der Waals surface area contributed by atoms with Gasteiger partial charge in [0.15, 0.2) is 18.4 Å². The molecule has 0 aromatic heterocycles. The molecule has 60 heavy (non-hydrogen) atoms. The van der Waals surface area contributed by atoms with E-state index < -0.39 is 136 Å². The number of esters is 4. The number of ether oxygens (including phenoxy) is 11. The van der Waals surface area contributed by atoms with Crippen LogP contribution in [0.1, 0.15) is 59.4 Å². The van der Waals surface area contributed by atoms with Gasteiger partial charge in [-0.3, -0.25) is 14.4 Å². The fourth-order valence-electron chi connectivity index (χ4n) is 13.3. The van der Waals surface area contributed by atoms with E-state index in [-0.39, 0.29) is 31.4 Å². The summed E-state index contributed by atoms with van der Waals surface area (Å²) in [6.07, 6.45) is -5.36. The number of Topliss-reactive ketones (excluding diaryl/α,β-unsaturated/α-hetero) is 1. The fourth-order valence-corrected chi connectivity index (χ4v) is 13.3. The topological polar surface area (TPSA) is 210 Å². The molecule has 16 atom stereocenters. The molecule has 2 bridgehead atoms. The van der Waals surface area contributed by atoms with Gasteiger partial charge in [-0.25, -0.2) is 9.59 Å². The van der Waals surface area contributed by atoms with Crippen LogP contribution in [0.3, 0.4) is 0 Å². The lowest BCUT2D eigenvalue weighted by atomic mass is 9.37. The van der Waals surface area contributed by atoms with Crippen molar-refractivity contribution in [2.24, 2.45) is 34.0 Å². The van der Waals surface area contributed by atoms with Crippen LogP contribution >= 0.6 is 0 Å². The Labute approximate surface area is 346 Å². The van der Waals surface area contributed by atoms with Crippen molar-refractivity contribution in [3.8, 4) is 0 Å². The third-order valence-electron chi connectivity index (χ3n) is 15.7. The van der Waals surface area contributed by atoms with Crippen LogP contribution in [0.25, 0.3) is 0 Å². The highest BCUT2D eigenvalue weighted by molar-refractivity contribution is 5.97. The largest absolute Gasteiger partial charge is 0.468 e. The normalized spacial score (nSPS) is 48.0. The predicted octanol–water partition coefficient (Wildman–Crippen LogP) is 2.08. The Morgan fingerprint density at radius 3 is 2.30 bits per heavy atom. The summed E-state index contributed by atoms with van der Waals surface area (Å²) >= 11 is 0. The van der Waals surface area contributed by atoms with Crippen molar-refractivity contribution in [2.45, 2.75) is 120 Å². The number of allylic oxidation sites excluding steroid dienone is 1. The van der Waals surface area contributed by atoms with E-state index in [1.807, 2.05) is 6.07 Å². The van der Waals surface area contributed by atoms with Gasteiger partial charge in [-0.2, -0.15) is 0 Å². The Morgan fingerprint density at radius 1 is 0.933 bits per heavy atom. The molecule has 17 nitrogen and oxygen atoms in total. The van der Waals surface area contributed by atoms with E-state index in [9.17, 15) is 24.3 Å². The maximum atomic E-state index is 16.2. The first kappa shape index (κ1) is 41.5. The number of fused-ring (bicyclic) bond motifs is 7. The van der Waals surface area contributed by atoms with E-state index in [0.717, 1.165) is 0 Å². The van der Waals surface area contributed by atoms with Crippen molar-refractivity contribution in [1.29, 1.82) is 0 Å². The van der Waals surface area contributed by atoms with Crippen LogP contribution < -0.4 is 0 Å². The third-order valence-corrected chi connectivity index (χ3v) is 15.7. The second kappa shape index (κ2) is 13.6. The molecule has 5 heterocycles. The van der Waals surface area contributed by atoms with Gasteiger partial charge in [-0.15, -0.1) is 0 Å². The van der Waals surface area contributed by atoms with Crippen LogP contribution in [0.2, 0.25) is 0 Å². The minimum absolute atomic E-state index is 0.0589. The van der Waals surface area contributed by atoms with Crippen molar-refractivity contribution >= 4 is 29.7 Å². The number of hydrogen-bond donors (Lipinski definition) is 1. The van der Waals surface area contributed by atoms with Crippen LogP contribution in [-0.2, 0) is 82.7 Å². The molecule has 5 aliphatic heterocycles. The number of carbonyl (C=O) groups is 5. The van der Waals surface area contributed by atoms with E-state index in [4.69, 9.17) is 52.1 Å². The van der Waals surface area contributed by atoms with Gasteiger partial charge in [0.1, 0.15) is 40.5 Å². The van der Waals surface area contributed by atoms with Crippen molar-refractivity contribution in [2.75, 3.05) is 34.5 Å². The van der Waals surface area contributed by atoms with Crippen LogP contribution in [0.4, 0.5) is 0 Å². The molecule has 17 heteroatoms. The Balaban J connectivity index is 1.31. The maximum absolute atomic E-state index is 16.2. The number of rotatable bonds is 10. The molecule has 1 N–H and O–H groups in total. The number of carbonyl (C=O) groups excluding carboxylic acids is 5. The minimum atomic E-state index is -2.44. The van der Waals surface area contributed by atoms with Crippen molar-refractivity contribution < 1.29 is 81.2 Å². The zero-order valence-electron chi connectivity index (χ0n) is 34.9. The molecule has 8 aliphatic rings. The van der Waals surface area contributed by atoms with Gasteiger partial charge >= 0.3 is 23.9 Å². The lowest BCUT2D eigenvalue weighted by molar-refractivity contribution is -0.304. The molecule has 5 saturated heterocycles. The lowest BCUT2D eigenvalue weighted by Crippen LogP contribution is -2.78. The van der Waals surface area contributed by atoms with Gasteiger partial charge in [0.25, 0.3) is 5.79 Å². The van der Waals surface area contributed by atoms with Crippen molar-refractivity contribution in [1.82, 2.24) is 0 Å². The van der Waals surface area contributed by atoms with E-state index in [2.05, 4.69) is 0 Å². The quantitative estimate of drug-likeness (QED) is 0.155. The molecule has 9 rings (SSSR count). The molecule has 1 aromatic rings. The molecule has 3 aliphatic carbocycles. The first-order valence-corrected chi connectivity index (χ1v) is 20.4. The van der Waals surface area contributed by atoms with E-state index in [1.54, 1.807) is 58.0 Å². The average Bonchev–Trinajstić information content (AvgIpc) is 3.59. The summed E-state index contributed by atoms with van der Waals surface area (Å²) in [6, 6.07) is 9.00. The number of epoxide rings is 1. The molecule has 3 saturated carbocycles. The van der Waals surface area contributed by atoms with Crippen molar-refractivity contribution in [3.05, 3.63) is 47.5 Å².